The molecule has 1 aliphatic rings. The van der Waals surface area contributed by atoms with E-state index >= 15 is 0 Å². The molecule has 0 aromatic heterocycles. The average molecular weight is 252 g/mol. The number of ketones is 1. The third-order valence-corrected chi connectivity index (χ3v) is 3.25. The molecule has 17 heavy (non-hydrogen) atoms. The highest BCUT2D eigenvalue weighted by atomic mass is 35.5. The van der Waals surface area contributed by atoms with E-state index in [1.54, 1.807) is 12.1 Å². The Morgan fingerprint density at radius 2 is 2.29 bits per heavy atom. The fourth-order valence-corrected chi connectivity index (χ4v) is 2.15. The predicted molar refractivity (Wildman–Crippen MR) is 70.6 cm³/mol. The van der Waals surface area contributed by atoms with Crippen molar-refractivity contribution in [1.82, 2.24) is 5.32 Å². The van der Waals surface area contributed by atoms with Gasteiger partial charge < -0.3 is 5.32 Å². The maximum absolute atomic E-state index is 12.3. The highest BCUT2D eigenvalue weighted by Gasteiger charge is 2.28. The zero-order valence-corrected chi connectivity index (χ0v) is 10.8. The molecule has 92 valence electrons. The zero-order valence-electron chi connectivity index (χ0n) is 10.1. The Balaban J connectivity index is 2.08. The van der Waals surface area contributed by atoms with Crippen molar-refractivity contribution in [2.24, 2.45) is 0 Å². The fourth-order valence-electron chi connectivity index (χ4n) is 1.96. The van der Waals surface area contributed by atoms with Crippen molar-refractivity contribution in [1.29, 1.82) is 0 Å². The lowest BCUT2D eigenvalue weighted by molar-refractivity contribution is 0.0936. The number of nitrogens with one attached hydrogen (secondary N) is 1. The first-order valence-corrected chi connectivity index (χ1v) is 6.64. The molecule has 1 atom stereocenters. The Labute approximate surface area is 107 Å². The molecule has 0 saturated heterocycles. The van der Waals surface area contributed by atoms with Gasteiger partial charge in [-0.15, -0.1) is 0 Å². The number of Topliss-reactive ketones (excluding diaryl/α,β-unsaturated/α-hetero) is 1. The first kappa shape index (κ1) is 12.6. The molecule has 1 unspecified atom stereocenters. The van der Waals surface area contributed by atoms with Crippen LogP contribution in [0.3, 0.4) is 0 Å². The largest absolute Gasteiger partial charge is 0.304 e. The number of carbonyl (C=O) groups is 1. The quantitative estimate of drug-likeness (QED) is 0.785. The summed E-state index contributed by atoms with van der Waals surface area (Å²) in [5, 5.41) is 4.04. The molecule has 1 aromatic carbocycles. The average Bonchev–Trinajstić information content (AvgIpc) is 3.11. The van der Waals surface area contributed by atoms with Crippen LogP contribution in [-0.4, -0.2) is 17.9 Å². The van der Waals surface area contributed by atoms with Gasteiger partial charge >= 0.3 is 0 Å². The summed E-state index contributed by atoms with van der Waals surface area (Å²) in [6.45, 7) is 2.10. The topological polar surface area (TPSA) is 29.1 Å². The second-order valence-electron chi connectivity index (χ2n) is 4.66. The minimum absolute atomic E-state index is 0.0500. The number of benzene rings is 1. The maximum atomic E-state index is 12.3. The van der Waals surface area contributed by atoms with Crippen LogP contribution in [0.2, 0.25) is 5.02 Å². The molecular weight excluding hydrogens is 234 g/mol. The number of halogens is 1. The van der Waals surface area contributed by atoms with Crippen LogP contribution in [0.4, 0.5) is 0 Å². The first-order chi connectivity index (χ1) is 8.20. The van der Waals surface area contributed by atoms with Crippen LogP contribution in [0.5, 0.6) is 0 Å². The third-order valence-electron chi connectivity index (χ3n) is 3.02. The van der Waals surface area contributed by atoms with Crippen molar-refractivity contribution in [2.45, 2.75) is 44.7 Å². The molecule has 2 rings (SSSR count). The maximum Gasteiger partial charge on any atom is 0.179 e. The molecule has 1 aromatic rings. The summed E-state index contributed by atoms with van der Waals surface area (Å²) in [4.78, 5) is 12.3. The van der Waals surface area contributed by atoms with Gasteiger partial charge in [-0.1, -0.05) is 37.1 Å². The van der Waals surface area contributed by atoms with Crippen molar-refractivity contribution in [2.75, 3.05) is 0 Å². The van der Waals surface area contributed by atoms with Gasteiger partial charge in [0.05, 0.1) is 6.04 Å². The number of hydrogen-bond acceptors (Lipinski definition) is 2. The molecule has 0 amide bonds. The molecule has 0 radical (unpaired) electrons. The number of rotatable bonds is 6. The van der Waals surface area contributed by atoms with Crippen molar-refractivity contribution < 1.29 is 4.79 Å². The Hall–Kier alpha value is -0.860. The molecule has 1 aliphatic carbocycles. The Morgan fingerprint density at radius 1 is 1.53 bits per heavy atom. The molecule has 0 bridgehead atoms. The van der Waals surface area contributed by atoms with Crippen LogP contribution in [0.1, 0.15) is 43.0 Å². The summed E-state index contributed by atoms with van der Waals surface area (Å²) in [6, 6.07) is 7.71. The van der Waals surface area contributed by atoms with Gasteiger partial charge in [-0.2, -0.15) is 0 Å². The molecule has 0 aliphatic heterocycles. The first-order valence-electron chi connectivity index (χ1n) is 6.26. The summed E-state index contributed by atoms with van der Waals surface area (Å²) < 4.78 is 0. The number of carbonyl (C=O) groups excluding carboxylic acids is 1. The molecular formula is C14H18ClNO. The van der Waals surface area contributed by atoms with E-state index in [1.165, 1.54) is 12.8 Å². The fraction of sp³-hybridized carbons (Fsp3) is 0.500. The smallest absolute Gasteiger partial charge is 0.179 e. The summed E-state index contributed by atoms with van der Waals surface area (Å²) in [7, 11) is 0. The molecule has 1 N–H and O–H groups in total. The van der Waals surface area contributed by atoms with E-state index in [0.29, 0.717) is 16.6 Å². The van der Waals surface area contributed by atoms with Gasteiger partial charge in [-0.05, 0) is 31.4 Å². The van der Waals surface area contributed by atoms with E-state index in [2.05, 4.69) is 12.2 Å². The minimum Gasteiger partial charge on any atom is -0.304 e. The molecule has 0 heterocycles. The van der Waals surface area contributed by atoms with Gasteiger partial charge in [0, 0.05) is 16.6 Å². The van der Waals surface area contributed by atoms with Crippen LogP contribution in [0, 0.1) is 0 Å². The summed E-state index contributed by atoms with van der Waals surface area (Å²) in [5.41, 5.74) is 0.712. The number of hydrogen-bond donors (Lipinski definition) is 1. The van der Waals surface area contributed by atoms with E-state index in [4.69, 9.17) is 11.6 Å². The standard InChI is InChI=1S/C14H18ClNO/c1-2-4-13(16-12-7-8-12)14(17)10-5-3-6-11(15)9-10/h3,5-6,9,12-13,16H,2,4,7-8H2,1H3. The van der Waals surface area contributed by atoms with Gasteiger partial charge in [0.1, 0.15) is 0 Å². The molecule has 0 spiro atoms. The van der Waals surface area contributed by atoms with Crippen LogP contribution >= 0.6 is 11.6 Å². The summed E-state index contributed by atoms with van der Waals surface area (Å²) in [5.74, 6) is 0.168. The normalized spacial score (nSPS) is 16.8. The third kappa shape index (κ3) is 3.55. The highest BCUT2D eigenvalue weighted by molar-refractivity contribution is 6.31. The van der Waals surface area contributed by atoms with Crippen molar-refractivity contribution in [3.8, 4) is 0 Å². The van der Waals surface area contributed by atoms with Crippen LogP contribution < -0.4 is 5.32 Å². The highest BCUT2D eigenvalue weighted by Crippen LogP contribution is 2.22. The van der Waals surface area contributed by atoms with Crippen molar-refractivity contribution in [3.63, 3.8) is 0 Å². The second-order valence-corrected chi connectivity index (χ2v) is 5.09. The Kier molecular flexibility index (Phi) is 4.19. The van der Waals surface area contributed by atoms with E-state index in [-0.39, 0.29) is 11.8 Å². The van der Waals surface area contributed by atoms with Gasteiger partial charge in [0.15, 0.2) is 5.78 Å². The van der Waals surface area contributed by atoms with Crippen LogP contribution in [-0.2, 0) is 0 Å². The predicted octanol–water partition coefficient (Wildman–Crippen LogP) is 3.44. The summed E-state index contributed by atoms with van der Waals surface area (Å²) >= 11 is 5.92. The van der Waals surface area contributed by atoms with Gasteiger partial charge in [0.25, 0.3) is 0 Å². The van der Waals surface area contributed by atoms with E-state index < -0.39 is 0 Å². The molecule has 2 nitrogen and oxygen atoms in total. The molecule has 3 heteroatoms. The van der Waals surface area contributed by atoms with Crippen molar-refractivity contribution in [3.05, 3.63) is 34.9 Å². The molecule has 1 saturated carbocycles. The van der Waals surface area contributed by atoms with E-state index in [9.17, 15) is 4.79 Å². The Morgan fingerprint density at radius 3 is 2.88 bits per heavy atom. The van der Waals surface area contributed by atoms with Crippen molar-refractivity contribution >= 4 is 17.4 Å². The van der Waals surface area contributed by atoms with Gasteiger partial charge in [-0.3, -0.25) is 4.79 Å². The van der Waals surface area contributed by atoms with Crippen LogP contribution in [0.15, 0.2) is 24.3 Å². The molecule has 1 fully saturated rings. The van der Waals surface area contributed by atoms with Crippen LogP contribution in [0.25, 0.3) is 0 Å². The zero-order chi connectivity index (χ0) is 12.3. The lowest BCUT2D eigenvalue weighted by Crippen LogP contribution is -2.38. The second kappa shape index (κ2) is 5.65. The van der Waals surface area contributed by atoms with Gasteiger partial charge in [-0.25, -0.2) is 0 Å². The van der Waals surface area contributed by atoms with E-state index in [0.717, 1.165) is 12.8 Å². The lowest BCUT2D eigenvalue weighted by atomic mass is 10.0. The van der Waals surface area contributed by atoms with E-state index in [1.807, 2.05) is 12.1 Å². The SMILES string of the molecule is CCCC(NC1CC1)C(=O)c1cccc(Cl)c1. The summed E-state index contributed by atoms with van der Waals surface area (Å²) in [6.07, 6.45) is 4.30. The Bertz CT molecular complexity index is 401. The lowest BCUT2D eigenvalue weighted by Gasteiger charge is -2.16. The monoisotopic (exact) mass is 251 g/mol. The van der Waals surface area contributed by atoms with Gasteiger partial charge in [0.2, 0.25) is 0 Å². The minimum atomic E-state index is -0.0500.